The number of aromatic nitrogens is 3. The first-order valence-electron chi connectivity index (χ1n) is 5.12. The maximum atomic E-state index is 12.2. The Hall–Kier alpha value is -1.74. The van der Waals surface area contributed by atoms with Gasteiger partial charge in [0.25, 0.3) is 16.0 Å². The normalized spacial score (nSPS) is 11.3. The molecule has 1 aromatic heterocycles. The molecule has 0 unspecified atom stereocenters. The van der Waals surface area contributed by atoms with Gasteiger partial charge in [0.15, 0.2) is 0 Å². The molecular formula is C10H10BrN5O2S. The highest BCUT2D eigenvalue weighted by atomic mass is 79.9. The second kappa shape index (κ2) is 5.10. The molecule has 1 heterocycles. The number of nitrogens with zero attached hydrogens (tertiary/aromatic N) is 3. The van der Waals surface area contributed by atoms with E-state index in [1.807, 2.05) is 0 Å². The summed E-state index contributed by atoms with van der Waals surface area (Å²) in [6.45, 7) is 1.63. The number of hydrogen-bond acceptors (Lipinski definition) is 6. The fourth-order valence-electron chi connectivity index (χ4n) is 1.42. The van der Waals surface area contributed by atoms with Crippen molar-refractivity contribution in [1.82, 2.24) is 15.2 Å². The predicted octanol–water partition coefficient (Wildman–Crippen LogP) is 1.33. The average Bonchev–Trinajstić information content (AvgIpc) is 2.34. The van der Waals surface area contributed by atoms with Gasteiger partial charge in [-0.3, -0.25) is 0 Å². The zero-order valence-electron chi connectivity index (χ0n) is 9.83. The largest absolute Gasteiger partial charge is 0.398 e. The van der Waals surface area contributed by atoms with E-state index < -0.39 is 10.0 Å². The molecule has 19 heavy (non-hydrogen) atoms. The van der Waals surface area contributed by atoms with Gasteiger partial charge in [0.1, 0.15) is 0 Å². The quantitative estimate of drug-likeness (QED) is 0.813. The van der Waals surface area contributed by atoms with E-state index in [1.54, 1.807) is 13.0 Å². The molecule has 1 aromatic carbocycles. The Morgan fingerprint density at radius 2 is 2.05 bits per heavy atom. The number of benzene rings is 1. The minimum absolute atomic E-state index is 0.0619. The number of nitrogens with two attached hydrogens (primary N) is 1. The zero-order chi connectivity index (χ0) is 14.0. The third-order valence-electron chi connectivity index (χ3n) is 2.36. The van der Waals surface area contributed by atoms with Crippen LogP contribution in [-0.4, -0.2) is 23.6 Å². The standard InChI is InChI=1S/C10H10BrN5O2S/c1-6-8(12)4-7(11)5-9(6)19(17,18)16-10-13-2-3-14-15-10/h2-5H,12H2,1H3,(H,13,15,16). The van der Waals surface area contributed by atoms with Crippen LogP contribution in [0, 0.1) is 6.92 Å². The van der Waals surface area contributed by atoms with Gasteiger partial charge >= 0.3 is 0 Å². The van der Waals surface area contributed by atoms with Crippen LogP contribution in [0.1, 0.15) is 5.56 Å². The van der Waals surface area contributed by atoms with Crippen LogP contribution in [0.4, 0.5) is 11.6 Å². The van der Waals surface area contributed by atoms with Crippen molar-refractivity contribution in [3.8, 4) is 0 Å². The number of halogens is 1. The van der Waals surface area contributed by atoms with Crippen LogP contribution in [0.25, 0.3) is 0 Å². The molecule has 0 aliphatic heterocycles. The highest BCUT2D eigenvalue weighted by Crippen LogP contribution is 2.27. The summed E-state index contributed by atoms with van der Waals surface area (Å²) in [6.07, 6.45) is 2.69. The van der Waals surface area contributed by atoms with E-state index in [1.165, 1.54) is 18.5 Å². The van der Waals surface area contributed by atoms with E-state index in [0.29, 0.717) is 15.7 Å². The Balaban J connectivity index is 2.46. The first kappa shape index (κ1) is 13.7. The van der Waals surface area contributed by atoms with Crippen LogP contribution in [0.15, 0.2) is 33.9 Å². The fourth-order valence-corrected chi connectivity index (χ4v) is 3.30. The van der Waals surface area contributed by atoms with Gasteiger partial charge in [-0.15, -0.1) is 5.10 Å². The van der Waals surface area contributed by atoms with Crippen LogP contribution < -0.4 is 10.5 Å². The molecule has 2 rings (SSSR count). The lowest BCUT2D eigenvalue weighted by molar-refractivity contribution is 0.600. The van der Waals surface area contributed by atoms with Crippen LogP contribution in [0.5, 0.6) is 0 Å². The number of nitrogen functional groups attached to an aromatic ring is 1. The van der Waals surface area contributed by atoms with Crippen molar-refractivity contribution in [2.75, 3.05) is 10.5 Å². The number of sulfonamides is 1. The number of rotatable bonds is 3. The molecule has 0 radical (unpaired) electrons. The van der Waals surface area contributed by atoms with Gasteiger partial charge in [-0.25, -0.2) is 18.1 Å². The Morgan fingerprint density at radius 3 is 2.68 bits per heavy atom. The smallest absolute Gasteiger partial charge is 0.264 e. The average molecular weight is 344 g/mol. The maximum Gasteiger partial charge on any atom is 0.264 e. The number of anilines is 2. The monoisotopic (exact) mass is 343 g/mol. The summed E-state index contributed by atoms with van der Waals surface area (Å²) < 4.78 is 27.3. The summed E-state index contributed by atoms with van der Waals surface area (Å²) in [7, 11) is -3.81. The van der Waals surface area contributed by atoms with Crippen LogP contribution in [-0.2, 0) is 10.0 Å². The third-order valence-corrected chi connectivity index (χ3v) is 4.27. The van der Waals surface area contributed by atoms with Crippen LogP contribution >= 0.6 is 15.9 Å². The molecule has 0 saturated heterocycles. The van der Waals surface area contributed by atoms with E-state index in [-0.39, 0.29) is 10.8 Å². The summed E-state index contributed by atoms with van der Waals surface area (Å²) >= 11 is 3.21. The van der Waals surface area contributed by atoms with Gasteiger partial charge < -0.3 is 5.73 Å². The molecule has 9 heteroatoms. The van der Waals surface area contributed by atoms with Crippen molar-refractivity contribution < 1.29 is 8.42 Å². The lowest BCUT2D eigenvalue weighted by atomic mass is 10.2. The maximum absolute atomic E-state index is 12.2. The molecule has 0 amide bonds. The van der Waals surface area contributed by atoms with Gasteiger partial charge in [0.05, 0.1) is 17.3 Å². The highest BCUT2D eigenvalue weighted by Gasteiger charge is 2.20. The van der Waals surface area contributed by atoms with Gasteiger partial charge in [0, 0.05) is 10.2 Å². The van der Waals surface area contributed by atoms with Crippen molar-refractivity contribution >= 4 is 37.6 Å². The highest BCUT2D eigenvalue weighted by molar-refractivity contribution is 9.10. The summed E-state index contributed by atoms with van der Waals surface area (Å²) in [6, 6.07) is 3.10. The number of nitrogens with one attached hydrogen (secondary N) is 1. The van der Waals surface area contributed by atoms with E-state index in [2.05, 4.69) is 35.8 Å². The molecule has 0 fully saturated rings. The predicted molar refractivity (Wildman–Crippen MR) is 73.9 cm³/mol. The molecule has 100 valence electrons. The fraction of sp³-hybridized carbons (Fsp3) is 0.100. The molecule has 0 aliphatic carbocycles. The number of hydrogen-bond donors (Lipinski definition) is 2. The summed E-state index contributed by atoms with van der Waals surface area (Å²) in [5.74, 6) is -0.0968. The summed E-state index contributed by atoms with van der Waals surface area (Å²) in [5.41, 5.74) is 6.58. The van der Waals surface area contributed by atoms with Gasteiger partial charge in [-0.1, -0.05) is 15.9 Å². The van der Waals surface area contributed by atoms with Crippen LogP contribution in [0.2, 0.25) is 0 Å². The summed E-state index contributed by atoms with van der Waals surface area (Å²) in [4.78, 5) is 3.82. The Morgan fingerprint density at radius 1 is 1.32 bits per heavy atom. The Labute approximate surface area is 118 Å². The van der Waals surface area contributed by atoms with Crippen molar-refractivity contribution in [3.63, 3.8) is 0 Å². The van der Waals surface area contributed by atoms with Gasteiger partial charge in [0.2, 0.25) is 0 Å². The molecule has 0 aliphatic rings. The lowest BCUT2D eigenvalue weighted by Gasteiger charge is -2.11. The van der Waals surface area contributed by atoms with Crippen LogP contribution in [0.3, 0.4) is 0 Å². The van der Waals surface area contributed by atoms with Gasteiger partial charge in [-0.05, 0) is 24.6 Å². The van der Waals surface area contributed by atoms with E-state index in [4.69, 9.17) is 5.73 Å². The first-order chi connectivity index (χ1) is 8.90. The second-order valence-electron chi connectivity index (χ2n) is 3.69. The molecule has 0 spiro atoms. The molecule has 7 nitrogen and oxygen atoms in total. The lowest BCUT2D eigenvalue weighted by Crippen LogP contribution is -2.17. The topological polar surface area (TPSA) is 111 Å². The summed E-state index contributed by atoms with van der Waals surface area (Å²) in [5, 5.41) is 7.12. The van der Waals surface area contributed by atoms with E-state index in [9.17, 15) is 8.42 Å². The Kier molecular flexibility index (Phi) is 3.67. The van der Waals surface area contributed by atoms with Crippen molar-refractivity contribution in [2.45, 2.75) is 11.8 Å². The Bertz CT molecular complexity index is 705. The van der Waals surface area contributed by atoms with E-state index in [0.717, 1.165) is 0 Å². The minimum Gasteiger partial charge on any atom is -0.398 e. The van der Waals surface area contributed by atoms with E-state index >= 15 is 0 Å². The molecule has 0 atom stereocenters. The molecular weight excluding hydrogens is 334 g/mol. The SMILES string of the molecule is Cc1c(N)cc(Br)cc1S(=O)(=O)Nc1nccnn1. The minimum atomic E-state index is -3.81. The van der Waals surface area contributed by atoms with Crippen molar-refractivity contribution in [3.05, 3.63) is 34.6 Å². The first-order valence-corrected chi connectivity index (χ1v) is 7.40. The van der Waals surface area contributed by atoms with Crippen molar-refractivity contribution in [2.24, 2.45) is 0 Å². The third kappa shape index (κ3) is 2.99. The van der Waals surface area contributed by atoms with Crippen molar-refractivity contribution in [1.29, 1.82) is 0 Å². The molecule has 2 aromatic rings. The molecule has 0 saturated carbocycles. The zero-order valence-corrected chi connectivity index (χ0v) is 12.2. The molecule has 3 N–H and O–H groups in total. The molecule has 0 bridgehead atoms. The second-order valence-corrected chi connectivity index (χ2v) is 6.26. The van der Waals surface area contributed by atoms with Gasteiger partial charge in [-0.2, -0.15) is 5.10 Å².